The molecule has 3 aromatic rings. The largest absolute Gasteiger partial charge is 0.491 e. The van der Waals surface area contributed by atoms with Crippen LogP contribution in [0.3, 0.4) is 0 Å². The Labute approximate surface area is 208 Å². The highest BCUT2D eigenvalue weighted by Gasteiger charge is 2.14. The second kappa shape index (κ2) is 11.9. The molecule has 1 N–H and O–H groups in total. The van der Waals surface area contributed by atoms with Gasteiger partial charge in [0.2, 0.25) is 0 Å². The van der Waals surface area contributed by atoms with E-state index in [1.54, 1.807) is 7.11 Å². The number of methoxy groups -OCH3 is 1. The smallest absolute Gasteiger partial charge is 0.266 e. The van der Waals surface area contributed by atoms with E-state index in [0.717, 1.165) is 17.1 Å². The average molecular weight is 479 g/mol. The number of nitrogens with one attached hydrogen (secondary N) is 1. The van der Waals surface area contributed by atoms with Gasteiger partial charge in [0.15, 0.2) is 0 Å². The third kappa shape index (κ3) is 7.75. The van der Waals surface area contributed by atoms with E-state index in [-0.39, 0.29) is 16.7 Å². The zero-order valence-corrected chi connectivity index (χ0v) is 21.4. The fraction of sp³-hybridized carbons (Fsp3) is 0.321. The summed E-state index contributed by atoms with van der Waals surface area (Å²) in [5, 5.41) is 3.40. The van der Waals surface area contributed by atoms with Gasteiger partial charge < -0.3 is 24.4 Å². The Hall–Kier alpha value is -3.09. The standard InChI is InChI=1S/C28H34N2O3S/c1-28(2,3)21-14-16-24(17-15-21)33-27(34)29-22-10-9-13-25(18-22)32-20-26(31-5)19-30(4)23-11-7-6-8-12-23/h6-18,26H,19-20H2,1-5H3,(H,29,34). The number of benzene rings is 3. The van der Waals surface area contributed by atoms with Gasteiger partial charge in [-0.15, -0.1) is 0 Å². The van der Waals surface area contributed by atoms with Crippen LogP contribution in [0.25, 0.3) is 0 Å². The first-order valence-corrected chi connectivity index (χ1v) is 11.8. The lowest BCUT2D eigenvalue weighted by molar-refractivity contribution is 0.0636. The van der Waals surface area contributed by atoms with Gasteiger partial charge in [-0.3, -0.25) is 0 Å². The van der Waals surface area contributed by atoms with E-state index >= 15 is 0 Å². The molecule has 0 aromatic heterocycles. The van der Waals surface area contributed by atoms with Crippen molar-refractivity contribution in [1.29, 1.82) is 0 Å². The molecule has 0 aliphatic rings. The first-order chi connectivity index (χ1) is 16.2. The lowest BCUT2D eigenvalue weighted by Gasteiger charge is -2.25. The van der Waals surface area contributed by atoms with Gasteiger partial charge in [-0.1, -0.05) is 57.2 Å². The van der Waals surface area contributed by atoms with Gasteiger partial charge in [0.1, 0.15) is 24.2 Å². The molecule has 0 spiro atoms. The summed E-state index contributed by atoms with van der Waals surface area (Å²) in [4.78, 5) is 2.15. The molecule has 0 saturated carbocycles. The minimum absolute atomic E-state index is 0.0812. The molecule has 5 nitrogen and oxygen atoms in total. The van der Waals surface area contributed by atoms with E-state index in [9.17, 15) is 0 Å². The predicted octanol–water partition coefficient (Wildman–Crippen LogP) is 6.29. The topological polar surface area (TPSA) is 43.0 Å². The van der Waals surface area contributed by atoms with E-state index in [0.29, 0.717) is 18.9 Å². The highest BCUT2D eigenvalue weighted by molar-refractivity contribution is 7.80. The van der Waals surface area contributed by atoms with Crippen LogP contribution >= 0.6 is 12.2 Å². The van der Waals surface area contributed by atoms with Crippen molar-refractivity contribution in [2.75, 3.05) is 37.5 Å². The quantitative estimate of drug-likeness (QED) is 0.365. The van der Waals surface area contributed by atoms with Crippen LogP contribution in [0.2, 0.25) is 0 Å². The number of likely N-dealkylation sites (N-methyl/N-ethyl adjacent to an activating group) is 1. The van der Waals surface area contributed by atoms with E-state index in [1.807, 2.05) is 61.6 Å². The Morgan fingerprint density at radius 2 is 1.65 bits per heavy atom. The monoisotopic (exact) mass is 478 g/mol. The molecule has 0 bridgehead atoms. The number of anilines is 2. The summed E-state index contributed by atoms with van der Waals surface area (Å²) in [6, 6.07) is 25.8. The van der Waals surface area contributed by atoms with Gasteiger partial charge in [0, 0.05) is 38.1 Å². The second-order valence-electron chi connectivity index (χ2n) is 9.20. The molecule has 0 aliphatic heterocycles. The lowest BCUT2D eigenvalue weighted by Crippen LogP contribution is -2.34. The number of hydrogen-bond acceptors (Lipinski definition) is 5. The molecule has 3 aromatic carbocycles. The van der Waals surface area contributed by atoms with Crippen LogP contribution in [-0.2, 0) is 10.2 Å². The minimum Gasteiger partial charge on any atom is -0.491 e. The third-order valence-corrected chi connectivity index (χ3v) is 5.64. The Balaban J connectivity index is 1.52. The molecule has 3 rings (SSSR count). The van der Waals surface area contributed by atoms with Crippen LogP contribution in [-0.4, -0.2) is 38.6 Å². The van der Waals surface area contributed by atoms with Crippen LogP contribution in [0.4, 0.5) is 11.4 Å². The van der Waals surface area contributed by atoms with E-state index in [1.165, 1.54) is 5.56 Å². The number of thiocarbonyl (C=S) groups is 1. The first kappa shape index (κ1) is 25.5. The molecular formula is C28H34N2O3S. The minimum atomic E-state index is -0.0812. The summed E-state index contributed by atoms with van der Waals surface area (Å²) in [6.45, 7) is 7.68. The van der Waals surface area contributed by atoms with Crippen molar-refractivity contribution < 1.29 is 14.2 Å². The number of rotatable bonds is 9. The van der Waals surface area contributed by atoms with Gasteiger partial charge in [-0.25, -0.2) is 0 Å². The summed E-state index contributed by atoms with van der Waals surface area (Å²) in [7, 11) is 3.75. The first-order valence-electron chi connectivity index (χ1n) is 11.4. The predicted molar refractivity (Wildman–Crippen MR) is 144 cm³/mol. The fourth-order valence-corrected chi connectivity index (χ4v) is 3.63. The molecule has 0 saturated heterocycles. The molecule has 1 unspecified atom stereocenters. The third-order valence-electron chi connectivity index (χ3n) is 5.46. The van der Waals surface area contributed by atoms with Crippen molar-refractivity contribution in [2.45, 2.75) is 32.3 Å². The van der Waals surface area contributed by atoms with Crippen LogP contribution in [0.15, 0.2) is 78.9 Å². The highest BCUT2D eigenvalue weighted by atomic mass is 32.1. The fourth-order valence-electron chi connectivity index (χ4n) is 3.41. The Kier molecular flexibility index (Phi) is 8.91. The van der Waals surface area contributed by atoms with Crippen LogP contribution in [0, 0.1) is 0 Å². The zero-order chi connectivity index (χ0) is 24.6. The molecule has 0 radical (unpaired) electrons. The zero-order valence-electron chi connectivity index (χ0n) is 20.6. The van der Waals surface area contributed by atoms with Crippen LogP contribution in [0.5, 0.6) is 11.5 Å². The molecule has 180 valence electrons. The van der Waals surface area contributed by atoms with E-state index in [4.69, 9.17) is 26.4 Å². The maximum Gasteiger partial charge on any atom is 0.266 e. The molecule has 34 heavy (non-hydrogen) atoms. The second-order valence-corrected chi connectivity index (χ2v) is 9.57. The van der Waals surface area contributed by atoms with Gasteiger partial charge in [-0.05, 0) is 59.6 Å². The summed E-state index contributed by atoms with van der Waals surface area (Å²) in [6.07, 6.45) is -0.0812. The SMILES string of the molecule is COC(COc1cccc(NC(=S)Oc2ccc(C(C)(C)C)cc2)c1)CN(C)c1ccccc1. The number of ether oxygens (including phenoxy) is 3. The number of nitrogens with zero attached hydrogens (tertiary/aromatic N) is 1. The summed E-state index contributed by atoms with van der Waals surface area (Å²) in [5.74, 6) is 1.43. The molecule has 0 aliphatic carbocycles. The summed E-state index contributed by atoms with van der Waals surface area (Å²) < 4.78 is 17.4. The van der Waals surface area contributed by atoms with Crippen molar-refractivity contribution in [3.8, 4) is 11.5 Å². The molecule has 0 amide bonds. The normalized spacial score (nSPS) is 12.0. The van der Waals surface area contributed by atoms with E-state index < -0.39 is 0 Å². The molecule has 1 atom stereocenters. The van der Waals surface area contributed by atoms with Crippen molar-refractivity contribution in [3.63, 3.8) is 0 Å². The van der Waals surface area contributed by atoms with Gasteiger partial charge >= 0.3 is 0 Å². The molecule has 6 heteroatoms. The molecule has 0 fully saturated rings. The Morgan fingerprint density at radius 3 is 2.29 bits per heavy atom. The number of hydrogen-bond donors (Lipinski definition) is 1. The average Bonchev–Trinajstić information content (AvgIpc) is 2.82. The molecular weight excluding hydrogens is 444 g/mol. The van der Waals surface area contributed by atoms with Crippen LogP contribution < -0.4 is 19.7 Å². The van der Waals surface area contributed by atoms with Gasteiger partial charge in [-0.2, -0.15) is 0 Å². The molecule has 0 heterocycles. The maximum absolute atomic E-state index is 6.01. The van der Waals surface area contributed by atoms with Gasteiger partial charge in [0.05, 0.1) is 0 Å². The Bertz CT molecular complexity index is 1050. The van der Waals surface area contributed by atoms with Crippen molar-refractivity contribution in [2.24, 2.45) is 0 Å². The summed E-state index contributed by atoms with van der Waals surface area (Å²) in [5.41, 5.74) is 3.27. The lowest BCUT2D eigenvalue weighted by atomic mass is 9.87. The van der Waals surface area contributed by atoms with Crippen molar-refractivity contribution in [3.05, 3.63) is 84.4 Å². The summed E-state index contributed by atoms with van der Waals surface area (Å²) >= 11 is 5.39. The van der Waals surface area contributed by atoms with Crippen molar-refractivity contribution >= 4 is 28.8 Å². The van der Waals surface area contributed by atoms with Gasteiger partial charge in [0.25, 0.3) is 5.17 Å². The highest BCUT2D eigenvalue weighted by Crippen LogP contribution is 2.25. The van der Waals surface area contributed by atoms with Crippen molar-refractivity contribution in [1.82, 2.24) is 0 Å². The van der Waals surface area contributed by atoms with E-state index in [2.05, 4.69) is 55.3 Å². The Morgan fingerprint density at radius 1 is 0.941 bits per heavy atom. The van der Waals surface area contributed by atoms with Crippen LogP contribution in [0.1, 0.15) is 26.3 Å². The number of para-hydroxylation sites is 1. The maximum atomic E-state index is 6.01.